The van der Waals surface area contributed by atoms with Gasteiger partial charge in [0.25, 0.3) is 11.8 Å². The number of urea groups is 1. The number of rotatable bonds is 7. The molecule has 4 amide bonds. The number of nitrogens with one attached hydrogen (secondary N) is 3. The summed E-state index contributed by atoms with van der Waals surface area (Å²) in [5.74, 6) is -0.254. The van der Waals surface area contributed by atoms with Crippen molar-refractivity contribution in [3.8, 4) is 5.75 Å². The van der Waals surface area contributed by atoms with Gasteiger partial charge in [-0.2, -0.15) is 5.01 Å². The highest BCUT2D eigenvalue weighted by molar-refractivity contribution is 8.26. The van der Waals surface area contributed by atoms with E-state index in [9.17, 15) is 14.4 Å². The topological polar surface area (TPSA) is 99.8 Å². The van der Waals surface area contributed by atoms with E-state index in [1.807, 2.05) is 31.2 Å². The van der Waals surface area contributed by atoms with E-state index in [0.717, 1.165) is 28.0 Å². The lowest BCUT2D eigenvalue weighted by Gasteiger charge is -2.16. The van der Waals surface area contributed by atoms with Crippen molar-refractivity contribution in [2.75, 3.05) is 17.2 Å². The number of carbonyl (C=O) groups excluding carboxylic acids is 3. The van der Waals surface area contributed by atoms with Gasteiger partial charge in [-0.3, -0.25) is 9.59 Å². The standard InChI is InChI=1S/C26H20Cl2N4O4S2/c1-15-4-2-3-5-21(15)30-23(33)14-36-18-9-6-16(7-10-18)12-22-24(34)32(26(37)38-22)31-25(35)29-17-8-11-19(27)20(28)13-17/h2-13H,14H2,1H3,(H,30,33)(H2,29,31,35)/b22-12-. The number of para-hydroxylation sites is 1. The van der Waals surface area contributed by atoms with Crippen molar-refractivity contribution >= 4 is 86.8 Å². The molecule has 0 saturated carbocycles. The molecule has 194 valence electrons. The molecule has 0 spiro atoms. The molecule has 3 aromatic rings. The van der Waals surface area contributed by atoms with Crippen LogP contribution in [0.4, 0.5) is 16.2 Å². The highest BCUT2D eigenvalue weighted by Crippen LogP contribution is 2.32. The van der Waals surface area contributed by atoms with Crippen molar-refractivity contribution < 1.29 is 19.1 Å². The van der Waals surface area contributed by atoms with Gasteiger partial charge in [-0.15, -0.1) is 0 Å². The molecule has 3 N–H and O–H groups in total. The van der Waals surface area contributed by atoms with Crippen LogP contribution in [0.1, 0.15) is 11.1 Å². The third-order valence-corrected chi connectivity index (χ3v) is 7.19. The highest BCUT2D eigenvalue weighted by Gasteiger charge is 2.33. The van der Waals surface area contributed by atoms with Crippen LogP contribution in [-0.2, 0) is 9.59 Å². The molecule has 38 heavy (non-hydrogen) atoms. The van der Waals surface area contributed by atoms with Gasteiger partial charge in [0.2, 0.25) is 0 Å². The third-order valence-electron chi connectivity index (χ3n) is 5.15. The van der Waals surface area contributed by atoms with E-state index in [2.05, 4.69) is 16.1 Å². The van der Waals surface area contributed by atoms with Gasteiger partial charge in [0.05, 0.1) is 15.0 Å². The summed E-state index contributed by atoms with van der Waals surface area (Å²) in [4.78, 5) is 37.7. The van der Waals surface area contributed by atoms with E-state index in [1.165, 1.54) is 6.07 Å². The summed E-state index contributed by atoms with van der Waals surface area (Å²) in [7, 11) is 0. The second-order valence-electron chi connectivity index (χ2n) is 7.93. The molecule has 8 nitrogen and oxygen atoms in total. The first-order valence-electron chi connectivity index (χ1n) is 11.1. The van der Waals surface area contributed by atoms with E-state index in [4.69, 9.17) is 40.2 Å². The van der Waals surface area contributed by atoms with Gasteiger partial charge in [0.15, 0.2) is 10.9 Å². The van der Waals surface area contributed by atoms with E-state index < -0.39 is 11.9 Å². The second-order valence-corrected chi connectivity index (χ2v) is 10.4. The van der Waals surface area contributed by atoms with Crippen molar-refractivity contribution in [3.05, 3.63) is 92.8 Å². The molecule has 1 fully saturated rings. The Bertz CT molecular complexity index is 1450. The number of benzene rings is 3. The molecule has 12 heteroatoms. The third kappa shape index (κ3) is 7.05. The Balaban J connectivity index is 1.31. The van der Waals surface area contributed by atoms with Gasteiger partial charge >= 0.3 is 6.03 Å². The molecule has 0 aromatic heterocycles. The average molecular weight is 588 g/mol. The Hall–Kier alpha value is -3.57. The van der Waals surface area contributed by atoms with Crippen molar-refractivity contribution in [1.29, 1.82) is 0 Å². The lowest BCUT2D eigenvalue weighted by molar-refractivity contribution is -0.123. The van der Waals surface area contributed by atoms with Crippen molar-refractivity contribution in [1.82, 2.24) is 10.4 Å². The number of halogens is 2. The number of carbonyl (C=O) groups is 3. The first kappa shape index (κ1) is 27.5. The van der Waals surface area contributed by atoms with E-state index >= 15 is 0 Å². The molecule has 1 heterocycles. The van der Waals surface area contributed by atoms with Gasteiger partial charge in [-0.05, 0) is 72.7 Å². The molecule has 4 rings (SSSR count). The summed E-state index contributed by atoms with van der Waals surface area (Å²) < 4.78 is 5.73. The molecule has 0 radical (unpaired) electrons. The van der Waals surface area contributed by atoms with Gasteiger partial charge in [0, 0.05) is 11.4 Å². The molecule has 3 aromatic carbocycles. The Kier molecular flexibility index (Phi) is 8.90. The summed E-state index contributed by atoms with van der Waals surface area (Å²) in [6, 6.07) is 18.3. The zero-order valence-electron chi connectivity index (χ0n) is 19.8. The zero-order valence-corrected chi connectivity index (χ0v) is 22.9. The summed E-state index contributed by atoms with van der Waals surface area (Å²) in [5, 5.41) is 6.99. The fourth-order valence-corrected chi connectivity index (χ4v) is 4.74. The summed E-state index contributed by atoms with van der Waals surface area (Å²) >= 11 is 18.2. The largest absolute Gasteiger partial charge is 0.484 e. The molecular weight excluding hydrogens is 567 g/mol. The summed E-state index contributed by atoms with van der Waals surface area (Å²) in [6.07, 6.45) is 1.65. The Labute approximate surface area is 238 Å². The van der Waals surface area contributed by atoms with Gasteiger partial charge in [-0.25, -0.2) is 10.2 Å². The van der Waals surface area contributed by atoms with Crippen LogP contribution in [0, 0.1) is 6.92 Å². The number of hydrogen-bond acceptors (Lipinski definition) is 6. The van der Waals surface area contributed by atoms with Crippen molar-refractivity contribution in [2.24, 2.45) is 0 Å². The van der Waals surface area contributed by atoms with E-state index in [1.54, 1.807) is 42.5 Å². The van der Waals surface area contributed by atoms with Crippen LogP contribution in [0.25, 0.3) is 6.08 Å². The van der Waals surface area contributed by atoms with Gasteiger partial charge in [-0.1, -0.05) is 65.3 Å². The van der Waals surface area contributed by atoms with Crippen LogP contribution < -0.4 is 20.8 Å². The number of aryl methyl sites for hydroxylation is 1. The first-order chi connectivity index (χ1) is 18.2. The van der Waals surface area contributed by atoms with Crippen LogP contribution in [0.3, 0.4) is 0 Å². The minimum absolute atomic E-state index is 0.150. The number of amides is 4. The number of anilines is 2. The number of hydrazine groups is 1. The Morgan fingerprint density at radius 1 is 1.03 bits per heavy atom. The summed E-state index contributed by atoms with van der Waals surface area (Å²) in [6.45, 7) is 1.76. The molecule has 1 aliphatic heterocycles. The molecule has 0 bridgehead atoms. The average Bonchev–Trinajstić information content (AvgIpc) is 3.14. The predicted octanol–water partition coefficient (Wildman–Crippen LogP) is 6.26. The highest BCUT2D eigenvalue weighted by atomic mass is 35.5. The van der Waals surface area contributed by atoms with Crippen LogP contribution >= 0.6 is 47.2 Å². The molecule has 0 unspecified atom stereocenters. The number of thiocarbonyl (C=S) groups is 1. The van der Waals surface area contributed by atoms with E-state index in [0.29, 0.717) is 26.9 Å². The first-order valence-corrected chi connectivity index (χ1v) is 13.1. The Morgan fingerprint density at radius 2 is 1.76 bits per heavy atom. The quantitative estimate of drug-likeness (QED) is 0.223. The molecule has 1 saturated heterocycles. The fourth-order valence-electron chi connectivity index (χ4n) is 3.26. The Morgan fingerprint density at radius 3 is 2.47 bits per heavy atom. The SMILES string of the molecule is Cc1ccccc1NC(=O)COc1ccc(/C=C2\SC(=S)N(NC(=O)Nc3ccc(Cl)c(Cl)c3)C2=O)cc1. The monoisotopic (exact) mass is 586 g/mol. The maximum Gasteiger partial charge on any atom is 0.338 e. The zero-order chi connectivity index (χ0) is 27.2. The van der Waals surface area contributed by atoms with Crippen molar-refractivity contribution in [2.45, 2.75) is 6.92 Å². The molecule has 0 atom stereocenters. The number of hydrogen-bond donors (Lipinski definition) is 3. The normalized spacial score (nSPS) is 14.0. The fraction of sp³-hybridized carbons (Fsp3) is 0.0769. The molecular formula is C26H20Cl2N4O4S2. The van der Waals surface area contributed by atoms with Crippen molar-refractivity contribution in [3.63, 3.8) is 0 Å². The van der Waals surface area contributed by atoms with Crippen LogP contribution in [0.5, 0.6) is 5.75 Å². The van der Waals surface area contributed by atoms with Crippen LogP contribution in [0.2, 0.25) is 10.0 Å². The minimum Gasteiger partial charge on any atom is -0.484 e. The van der Waals surface area contributed by atoms with E-state index in [-0.39, 0.29) is 21.9 Å². The maximum atomic E-state index is 12.8. The number of nitrogens with zero attached hydrogens (tertiary/aromatic N) is 1. The van der Waals surface area contributed by atoms with Crippen LogP contribution in [0.15, 0.2) is 71.6 Å². The summed E-state index contributed by atoms with van der Waals surface area (Å²) in [5.41, 5.74) is 5.23. The predicted molar refractivity (Wildman–Crippen MR) is 155 cm³/mol. The van der Waals surface area contributed by atoms with Gasteiger partial charge < -0.3 is 15.4 Å². The molecule has 0 aliphatic carbocycles. The molecule has 1 aliphatic rings. The lowest BCUT2D eigenvalue weighted by atomic mass is 10.2. The second kappa shape index (κ2) is 12.3. The van der Waals surface area contributed by atoms with Gasteiger partial charge in [0.1, 0.15) is 5.75 Å². The lowest BCUT2D eigenvalue weighted by Crippen LogP contribution is -2.46. The minimum atomic E-state index is -0.672. The number of thioether (sulfide) groups is 1. The smallest absolute Gasteiger partial charge is 0.338 e. The number of ether oxygens (including phenoxy) is 1. The maximum absolute atomic E-state index is 12.8. The van der Waals surface area contributed by atoms with Crippen LogP contribution in [-0.4, -0.2) is 33.8 Å².